The highest BCUT2D eigenvalue weighted by atomic mass is 32.1. The summed E-state index contributed by atoms with van der Waals surface area (Å²) in [7, 11) is 0. The standard InChI is InChI=1S/C24H21FN2O4S/c1-13-22(32-23(26-13)16-4-7-19(25)8-5-16)24(30)31-14(2)21(29)18-6-9-20-17(12-18)10-11-27(20)15(3)28/h4-9,12,14H,10-11H2,1-3H3. The zero-order chi connectivity index (χ0) is 23.0. The van der Waals surface area contributed by atoms with Crippen LogP contribution in [0, 0.1) is 12.7 Å². The van der Waals surface area contributed by atoms with Gasteiger partial charge in [0.1, 0.15) is 15.7 Å². The average Bonchev–Trinajstić information content (AvgIpc) is 3.36. The molecule has 0 saturated heterocycles. The molecule has 164 valence electrons. The molecule has 1 unspecified atom stereocenters. The van der Waals surface area contributed by atoms with Gasteiger partial charge in [-0.25, -0.2) is 14.2 Å². The molecular formula is C24H21FN2O4S. The van der Waals surface area contributed by atoms with Gasteiger partial charge in [0.25, 0.3) is 0 Å². The summed E-state index contributed by atoms with van der Waals surface area (Å²) in [6.07, 6.45) is -0.308. The highest BCUT2D eigenvalue weighted by molar-refractivity contribution is 7.17. The lowest BCUT2D eigenvalue weighted by atomic mass is 10.0. The van der Waals surface area contributed by atoms with Crippen molar-refractivity contribution in [1.29, 1.82) is 0 Å². The van der Waals surface area contributed by atoms with E-state index < -0.39 is 12.1 Å². The van der Waals surface area contributed by atoms with Gasteiger partial charge in [-0.2, -0.15) is 0 Å². The molecule has 0 spiro atoms. The molecule has 1 aliphatic heterocycles. The lowest BCUT2D eigenvalue weighted by molar-refractivity contribution is -0.116. The molecule has 6 nitrogen and oxygen atoms in total. The molecule has 2 heterocycles. The molecule has 0 saturated carbocycles. The van der Waals surface area contributed by atoms with Crippen LogP contribution in [-0.4, -0.2) is 35.3 Å². The van der Waals surface area contributed by atoms with Crippen LogP contribution in [0.25, 0.3) is 10.6 Å². The largest absolute Gasteiger partial charge is 0.450 e. The zero-order valence-corrected chi connectivity index (χ0v) is 18.7. The number of rotatable bonds is 5. The molecule has 1 aromatic heterocycles. The maximum absolute atomic E-state index is 13.2. The second-order valence-electron chi connectivity index (χ2n) is 7.62. The fourth-order valence-electron chi connectivity index (χ4n) is 3.69. The Morgan fingerprint density at radius 1 is 1.16 bits per heavy atom. The van der Waals surface area contributed by atoms with E-state index in [1.165, 1.54) is 26.0 Å². The molecule has 0 N–H and O–H groups in total. The number of benzene rings is 2. The van der Waals surface area contributed by atoms with Crippen LogP contribution in [0.1, 0.15) is 45.1 Å². The molecular weight excluding hydrogens is 431 g/mol. The van der Waals surface area contributed by atoms with E-state index in [4.69, 9.17) is 4.74 Å². The van der Waals surface area contributed by atoms with Gasteiger partial charge in [-0.1, -0.05) is 0 Å². The van der Waals surface area contributed by atoms with E-state index in [0.29, 0.717) is 39.7 Å². The van der Waals surface area contributed by atoms with Crippen molar-refractivity contribution in [2.45, 2.75) is 33.3 Å². The second-order valence-corrected chi connectivity index (χ2v) is 8.62. The van der Waals surface area contributed by atoms with E-state index in [9.17, 15) is 18.8 Å². The third-order valence-corrected chi connectivity index (χ3v) is 6.55. The SMILES string of the molecule is CC(=O)N1CCc2cc(C(=O)C(C)OC(=O)c3sc(-c4ccc(F)cc4)nc3C)ccc21. The number of nitrogens with zero attached hydrogens (tertiary/aromatic N) is 2. The maximum Gasteiger partial charge on any atom is 0.350 e. The van der Waals surface area contributed by atoms with Crippen LogP contribution in [0.15, 0.2) is 42.5 Å². The maximum atomic E-state index is 13.2. The van der Waals surface area contributed by atoms with Crippen LogP contribution < -0.4 is 4.90 Å². The number of hydrogen-bond acceptors (Lipinski definition) is 6. The number of hydrogen-bond donors (Lipinski definition) is 0. The van der Waals surface area contributed by atoms with Crippen molar-refractivity contribution in [2.75, 3.05) is 11.4 Å². The third kappa shape index (κ3) is 4.18. The zero-order valence-electron chi connectivity index (χ0n) is 17.8. The first-order valence-electron chi connectivity index (χ1n) is 10.1. The number of aromatic nitrogens is 1. The first-order valence-corrected chi connectivity index (χ1v) is 11.0. The van der Waals surface area contributed by atoms with Gasteiger partial charge in [0.05, 0.1) is 5.69 Å². The number of ketones is 1. The minimum atomic E-state index is -0.985. The number of Topliss-reactive ketones (excluding diaryl/α,β-unsaturated/α-hetero) is 1. The topological polar surface area (TPSA) is 76.6 Å². The third-order valence-electron chi connectivity index (χ3n) is 5.37. The molecule has 0 bridgehead atoms. The molecule has 1 amide bonds. The van der Waals surface area contributed by atoms with Gasteiger partial charge in [-0.15, -0.1) is 11.3 Å². The lowest BCUT2D eigenvalue weighted by Crippen LogP contribution is -2.26. The molecule has 0 radical (unpaired) electrons. The smallest absolute Gasteiger partial charge is 0.350 e. The van der Waals surface area contributed by atoms with Gasteiger partial charge < -0.3 is 9.64 Å². The number of ether oxygens (including phenoxy) is 1. The molecule has 0 aliphatic carbocycles. The van der Waals surface area contributed by atoms with E-state index in [1.807, 2.05) is 0 Å². The summed E-state index contributed by atoms with van der Waals surface area (Å²) < 4.78 is 18.6. The van der Waals surface area contributed by atoms with Crippen LogP contribution in [0.3, 0.4) is 0 Å². The fraction of sp³-hybridized carbons (Fsp3) is 0.250. The Morgan fingerprint density at radius 3 is 2.56 bits per heavy atom. The van der Waals surface area contributed by atoms with Crippen molar-refractivity contribution in [1.82, 2.24) is 4.98 Å². The quantitative estimate of drug-likeness (QED) is 0.418. The summed E-state index contributed by atoms with van der Waals surface area (Å²) in [6, 6.07) is 11.0. The van der Waals surface area contributed by atoms with E-state index in [2.05, 4.69) is 4.98 Å². The van der Waals surface area contributed by atoms with Crippen molar-refractivity contribution < 1.29 is 23.5 Å². The Bertz CT molecular complexity index is 1220. The Hall–Kier alpha value is -3.39. The molecule has 1 atom stereocenters. The van der Waals surface area contributed by atoms with Gasteiger partial charge in [0.2, 0.25) is 11.7 Å². The normalized spacial score (nSPS) is 13.6. The minimum absolute atomic E-state index is 0.0370. The van der Waals surface area contributed by atoms with Gasteiger partial charge in [-0.05, 0) is 68.3 Å². The van der Waals surface area contributed by atoms with Crippen molar-refractivity contribution in [3.8, 4) is 10.6 Å². The molecule has 4 rings (SSSR count). The monoisotopic (exact) mass is 452 g/mol. The number of aryl methyl sites for hydroxylation is 1. The Balaban J connectivity index is 1.48. The number of anilines is 1. The Labute approximate surface area is 188 Å². The summed E-state index contributed by atoms with van der Waals surface area (Å²) in [5.41, 5.74) is 3.35. The number of thiazole rings is 1. The highest BCUT2D eigenvalue weighted by Gasteiger charge is 2.27. The van der Waals surface area contributed by atoms with Gasteiger partial charge >= 0.3 is 5.97 Å². The fourth-order valence-corrected chi connectivity index (χ4v) is 4.64. The molecule has 1 aliphatic rings. The van der Waals surface area contributed by atoms with Crippen molar-refractivity contribution in [3.05, 3.63) is 70.0 Å². The van der Waals surface area contributed by atoms with Crippen LogP contribution in [0.4, 0.5) is 10.1 Å². The van der Waals surface area contributed by atoms with E-state index >= 15 is 0 Å². The molecule has 3 aromatic rings. The number of halogens is 1. The van der Waals surface area contributed by atoms with Gasteiger partial charge in [-0.3, -0.25) is 9.59 Å². The van der Waals surface area contributed by atoms with Crippen LogP contribution in [-0.2, 0) is 16.0 Å². The Kier molecular flexibility index (Phi) is 5.88. The van der Waals surface area contributed by atoms with Crippen LogP contribution in [0.5, 0.6) is 0 Å². The predicted molar refractivity (Wildman–Crippen MR) is 120 cm³/mol. The summed E-state index contributed by atoms with van der Waals surface area (Å²) in [6.45, 7) is 5.33. The van der Waals surface area contributed by atoms with Gasteiger partial charge in [0.15, 0.2) is 6.10 Å². The molecule has 0 fully saturated rings. The number of esters is 1. The summed E-state index contributed by atoms with van der Waals surface area (Å²) in [4.78, 5) is 43.6. The Morgan fingerprint density at radius 2 is 1.88 bits per heavy atom. The van der Waals surface area contributed by atoms with Crippen molar-refractivity contribution >= 4 is 34.7 Å². The number of carbonyl (C=O) groups excluding carboxylic acids is 3. The van der Waals surface area contributed by atoms with Gasteiger partial charge in [0, 0.05) is 30.3 Å². The van der Waals surface area contributed by atoms with E-state index in [0.717, 1.165) is 22.6 Å². The summed E-state index contributed by atoms with van der Waals surface area (Å²) in [5, 5.41) is 0.571. The van der Waals surface area contributed by atoms with Crippen molar-refractivity contribution in [3.63, 3.8) is 0 Å². The van der Waals surface area contributed by atoms with Crippen LogP contribution >= 0.6 is 11.3 Å². The highest BCUT2D eigenvalue weighted by Crippen LogP contribution is 2.31. The summed E-state index contributed by atoms with van der Waals surface area (Å²) >= 11 is 1.14. The first kappa shape index (κ1) is 21.8. The lowest BCUT2D eigenvalue weighted by Gasteiger charge is -2.16. The van der Waals surface area contributed by atoms with E-state index in [-0.39, 0.29) is 17.5 Å². The summed E-state index contributed by atoms with van der Waals surface area (Å²) in [5.74, 6) is -1.33. The second kappa shape index (κ2) is 8.63. The van der Waals surface area contributed by atoms with E-state index in [1.54, 1.807) is 42.2 Å². The van der Waals surface area contributed by atoms with Crippen molar-refractivity contribution in [2.24, 2.45) is 0 Å². The average molecular weight is 453 g/mol. The number of carbonyl (C=O) groups is 3. The first-order chi connectivity index (χ1) is 15.2. The minimum Gasteiger partial charge on any atom is -0.450 e. The number of fused-ring (bicyclic) bond motifs is 1. The molecule has 32 heavy (non-hydrogen) atoms. The molecule has 2 aromatic carbocycles. The number of amides is 1. The van der Waals surface area contributed by atoms with Crippen LogP contribution in [0.2, 0.25) is 0 Å². The molecule has 8 heteroatoms. The predicted octanol–water partition coefficient (Wildman–Crippen LogP) is 4.59.